The van der Waals surface area contributed by atoms with Crippen LogP contribution in [0.15, 0.2) is 54.6 Å². The molecule has 0 amide bonds. The summed E-state index contributed by atoms with van der Waals surface area (Å²) in [6.45, 7) is 1.16. The summed E-state index contributed by atoms with van der Waals surface area (Å²) >= 11 is 0. The fourth-order valence-corrected chi connectivity index (χ4v) is 2.67. The van der Waals surface area contributed by atoms with Gasteiger partial charge in [0, 0.05) is 6.04 Å². The maximum Gasteiger partial charge on any atom is 0.0320 e. The molecule has 1 aliphatic rings. The number of rotatable bonds is 2. The van der Waals surface area contributed by atoms with Gasteiger partial charge in [-0.15, -0.1) is 0 Å². The third-order valence-electron chi connectivity index (χ3n) is 3.73. The van der Waals surface area contributed by atoms with Crippen molar-refractivity contribution >= 4 is 0 Å². The minimum atomic E-state index is 0.559. The van der Waals surface area contributed by atoms with Gasteiger partial charge in [-0.3, -0.25) is 0 Å². The van der Waals surface area contributed by atoms with Crippen molar-refractivity contribution in [2.24, 2.45) is 0 Å². The molecule has 92 valence electrons. The van der Waals surface area contributed by atoms with Crippen LogP contribution in [0.4, 0.5) is 0 Å². The van der Waals surface area contributed by atoms with Crippen molar-refractivity contribution < 1.29 is 0 Å². The number of hydrogen-bond donors (Lipinski definition) is 1. The third-order valence-corrected chi connectivity index (χ3v) is 3.73. The molecule has 1 heterocycles. The molecule has 0 aliphatic carbocycles. The maximum atomic E-state index is 3.59. The molecule has 2 aromatic carbocycles. The highest BCUT2D eigenvalue weighted by molar-refractivity contribution is 5.63. The van der Waals surface area contributed by atoms with Crippen LogP contribution in [0.5, 0.6) is 0 Å². The average molecular weight is 237 g/mol. The summed E-state index contributed by atoms with van der Waals surface area (Å²) < 4.78 is 0. The second-order valence-electron chi connectivity index (χ2n) is 4.99. The van der Waals surface area contributed by atoms with E-state index in [9.17, 15) is 0 Å². The first-order valence-corrected chi connectivity index (χ1v) is 6.82. The van der Waals surface area contributed by atoms with E-state index in [1.165, 1.54) is 36.0 Å². The van der Waals surface area contributed by atoms with E-state index in [0.717, 1.165) is 6.54 Å². The van der Waals surface area contributed by atoms with E-state index in [1.54, 1.807) is 0 Å². The summed E-state index contributed by atoms with van der Waals surface area (Å²) in [6.07, 6.45) is 3.93. The summed E-state index contributed by atoms with van der Waals surface area (Å²) in [5, 5.41) is 3.59. The van der Waals surface area contributed by atoms with Crippen molar-refractivity contribution in [3.63, 3.8) is 0 Å². The van der Waals surface area contributed by atoms with Crippen molar-refractivity contribution in [3.05, 3.63) is 60.2 Å². The van der Waals surface area contributed by atoms with Crippen molar-refractivity contribution in [3.8, 4) is 11.1 Å². The van der Waals surface area contributed by atoms with Crippen molar-refractivity contribution in [1.82, 2.24) is 5.32 Å². The Hall–Kier alpha value is -1.60. The van der Waals surface area contributed by atoms with Gasteiger partial charge in [-0.2, -0.15) is 0 Å². The SMILES string of the molecule is c1ccc(-c2ccc([C@H]3CCCCN3)cc2)cc1. The lowest BCUT2D eigenvalue weighted by molar-refractivity contribution is 0.412. The topological polar surface area (TPSA) is 12.0 Å². The van der Waals surface area contributed by atoms with Crippen LogP contribution in [0.2, 0.25) is 0 Å². The second-order valence-corrected chi connectivity index (χ2v) is 4.99. The van der Waals surface area contributed by atoms with Gasteiger partial charge in [0.1, 0.15) is 0 Å². The van der Waals surface area contributed by atoms with Crippen LogP contribution in [-0.4, -0.2) is 6.54 Å². The Balaban J connectivity index is 1.80. The molecule has 1 N–H and O–H groups in total. The van der Waals surface area contributed by atoms with Crippen LogP contribution in [0.1, 0.15) is 30.9 Å². The standard InChI is InChI=1S/C17H19N/c1-2-6-14(7-3-1)15-9-11-16(12-10-15)17-8-4-5-13-18-17/h1-3,6-7,9-12,17-18H,4-5,8,13H2/t17-/m1/s1. The Morgan fingerprint density at radius 3 is 2.17 bits per heavy atom. The van der Waals surface area contributed by atoms with E-state index in [0.29, 0.717) is 6.04 Å². The van der Waals surface area contributed by atoms with Crippen molar-refractivity contribution in [2.75, 3.05) is 6.54 Å². The van der Waals surface area contributed by atoms with E-state index in [4.69, 9.17) is 0 Å². The van der Waals surface area contributed by atoms with Gasteiger partial charge in [-0.1, -0.05) is 61.0 Å². The molecule has 1 fully saturated rings. The predicted molar refractivity (Wildman–Crippen MR) is 76.5 cm³/mol. The van der Waals surface area contributed by atoms with Crippen LogP contribution in [0.25, 0.3) is 11.1 Å². The summed E-state index contributed by atoms with van der Waals surface area (Å²) in [7, 11) is 0. The summed E-state index contributed by atoms with van der Waals surface area (Å²) in [4.78, 5) is 0. The van der Waals surface area contributed by atoms with Crippen molar-refractivity contribution in [2.45, 2.75) is 25.3 Å². The molecule has 0 spiro atoms. The zero-order chi connectivity index (χ0) is 12.2. The molecule has 1 saturated heterocycles. The van der Waals surface area contributed by atoms with Gasteiger partial charge in [0.05, 0.1) is 0 Å². The van der Waals surface area contributed by atoms with Gasteiger partial charge < -0.3 is 5.32 Å². The maximum absolute atomic E-state index is 3.59. The molecule has 18 heavy (non-hydrogen) atoms. The van der Waals surface area contributed by atoms with Crippen LogP contribution in [0, 0.1) is 0 Å². The smallest absolute Gasteiger partial charge is 0.0320 e. The molecule has 0 unspecified atom stereocenters. The molecule has 0 aromatic heterocycles. The molecule has 2 aromatic rings. The lowest BCUT2D eigenvalue weighted by Gasteiger charge is -2.24. The van der Waals surface area contributed by atoms with Crippen LogP contribution < -0.4 is 5.32 Å². The Morgan fingerprint density at radius 1 is 0.778 bits per heavy atom. The normalized spacial score (nSPS) is 19.7. The van der Waals surface area contributed by atoms with Gasteiger partial charge in [0.15, 0.2) is 0 Å². The minimum absolute atomic E-state index is 0.559. The highest BCUT2D eigenvalue weighted by Crippen LogP contribution is 2.25. The first-order chi connectivity index (χ1) is 8.93. The Kier molecular flexibility index (Phi) is 3.42. The lowest BCUT2D eigenvalue weighted by Crippen LogP contribution is -2.26. The largest absolute Gasteiger partial charge is 0.310 e. The zero-order valence-corrected chi connectivity index (χ0v) is 10.6. The van der Waals surface area contributed by atoms with Crippen molar-refractivity contribution in [1.29, 1.82) is 0 Å². The monoisotopic (exact) mass is 237 g/mol. The van der Waals surface area contributed by atoms with E-state index >= 15 is 0 Å². The average Bonchev–Trinajstić information content (AvgIpc) is 2.49. The zero-order valence-electron chi connectivity index (χ0n) is 10.6. The highest BCUT2D eigenvalue weighted by atomic mass is 14.9. The Labute approximate surface area is 109 Å². The van der Waals surface area contributed by atoms with Crippen LogP contribution in [0.3, 0.4) is 0 Å². The van der Waals surface area contributed by atoms with Gasteiger partial charge in [-0.05, 0) is 36.1 Å². The Morgan fingerprint density at radius 2 is 1.50 bits per heavy atom. The molecule has 0 saturated carbocycles. The minimum Gasteiger partial charge on any atom is -0.310 e. The summed E-state index contributed by atoms with van der Waals surface area (Å²) in [5.41, 5.74) is 4.02. The molecule has 0 bridgehead atoms. The molecule has 1 heteroatoms. The third kappa shape index (κ3) is 2.46. The van der Waals surface area contributed by atoms with E-state index in [1.807, 2.05) is 0 Å². The fraction of sp³-hybridized carbons (Fsp3) is 0.294. The fourth-order valence-electron chi connectivity index (χ4n) is 2.67. The van der Waals surface area contributed by atoms with Crippen LogP contribution in [-0.2, 0) is 0 Å². The highest BCUT2D eigenvalue weighted by Gasteiger charge is 2.14. The molecule has 3 rings (SSSR count). The number of benzene rings is 2. The summed E-state index contributed by atoms with van der Waals surface area (Å²) in [6, 6.07) is 20.1. The first kappa shape index (κ1) is 11.5. The number of nitrogens with one attached hydrogen (secondary N) is 1. The summed E-state index contributed by atoms with van der Waals surface area (Å²) in [5.74, 6) is 0. The molecule has 1 atom stereocenters. The molecular formula is C17H19N. The molecular weight excluding hydrogens is 218 g/mol. The van der Waals surface area contributed by atoms with Gasteiger partial charge in [-0.25, -0.2) is 0 Å². The van der Waals surface area contributed by atoms with E-state index < -0.39 is 0 Å². The molecule has 1 aliphatic heterocycles. The van der Waals surface area contributed by atoms with E-state index in [-0.39, 0.29) is 0 Å². The Bertz CT molecular complexity index is 481. The second kappa shape index (κ2) is 5.36. The van der Waals surface area contributed by atoms with Crippen LogP contribution >= 0.6 is 0 Å². The first-order valence-electron chi connectivity index (χ1n) is 6.82. The molecule has 0 radical (unpaired) electrons. The van der Waals surface area contributed by atoms with Gasteiger partial charge in [0.25, 0.3) is 0 Å². The molecule has 1 nitrogen and oxygen atoms in total. The van der Waals surface area contributed by atoms with Gasteiger partial charge >= 0.3 is 0 Å². The quantitative estimate of drug-likeness (QED) is 0.826. The van der Waals surface area contributed by atoms with Gasteiger partial charge in [0.2, 0.25) is 0 Å². The number of hydrogen-bond acceptors (Lipinski definition) is 1. The lowest BCUT2D eigenvalue weighted by atomic mass is 9.95. The van der Waals surface area contributed by atoms with E-state index in [2.05, 4.69) is 59.9 Å². The predicted octanol–water partition coefficient (Wildman–Crippen LogP) is 4.17. The number of piperidine rings is 1.